The van der Waals surface area contributed by atoms with E-state index in [1.54, 1.807) is 0 Å². The monoisotopic (exact) mass is 302 g/mol. The van der Waals surface area contributed by atoms with Gasteiger partial charge in [-0.2, -0.15) is 0 Å². The van der Waals surface area contributed by atoms with E-state index < -0.39 is 18.2 Å². The summed E-state index contributed by atoms with van der Waals surface area (Å²) < 4.78 is 40.0. The van der Waals surface area contributed by atoms with Crippen molar-refractivity contribution >= 4 is 5.97 Å². The molecule has 1 N–H and O–H groups in total. The third-order valence-electron chi connectivity index (χ3n) is 3.86. The predicted molar refractivity (Wildman–Crippen MR) is 70.1 cm³/mol. The van der Waals surface area contributed by atoms with Gasteiger partial charge in [-0.25, -0.2) is 0 Å². The van der Waals surface area contributed by atoms with Crippen molar-refractivity contribution in [3.8, 4) is 5.75 Å². The highest BCUT2D eigenvalue weighted by Crippen LogP contribution is 2.35. The minimum absolute atomic E-state index is 0.337. The van der Waals surface area contributed by atoms with Crippen LogP contribution >= 0.6 is 0 Å². The van der Waals surface area contributed by atoms with Crippen molar-refractivity contribution in [2.75, 3.05) is 0 Å². The highest BCUT2D eigenvalue weighted by atomic mass is 19.4. The number of hydrogen-bond donors (Lipinski definition) is 1. The van der Waals surface area contributed by atoms with Crippen LogP contribution < -0.4 is 4.74 Å². The maximum absolute atomic E-state index is 12.1. The Balaban J connectivity index is 2.07. The van der Waals surface area contributed by atoms with Gasteiger partial charge in [-0.05, 0) is 30.0 Å². The lowest BCUT2D eigenvalue weighted by Gasteiger charge is -2.17. The van der Waals surface area contributed by atoms with Crippen LogP contribution in [0.4, 0.5) is 13.2 Å². The fraction of sp³-hybridized carbons (Fsp3) is 0.533. The van der Waals surface area contributed by atoms with E-state index >= 15 is 0 Å². The predicted octanol–water partition coefficient (Wildman–Crippen LogP) is 4.33. The first-order valence-corrected chi connectivity index (χ1v) is 6.93. The molecule has 1 aromatic carbocycles. The average Bonchev–Trinajstić information content (AvgIpc) is 2.88. The van der Waals surface area contributed by atoms with E-state index in [2.05, 4.69) is 4.74 Å². The second-order valence-electron chi connectivity index (χ2n) is 5.39. The molecule has 21 heavy (non-hydrogen) atoms. The molecule has 1 saturated carbocycles. The molecule has 0 heterocycles. The van der Waals surface area contributed by atoms with Crippen LogP contribution in [0.15, 0.2) is 24.3 Å². The number of ether oxygens (including phenoxy) is 1. The first-order valence-electron chi connectivity index (χ1n) is 6.93. The summed E-state index contributed by atoms with van der Waals surface area (Å²) in [6.45, 7) is 0. The molecule has 0 aliphatic heterocycles. The van der Waals surface area contributed by atoms with Crippen LogP contribution in [0.2, 0.25) is 0 Å². The largest absolute Gasteiger partial charge is 0.573 e. The summed E-state index contributed by atoms with van der Waals surface area (Å²) in [6.07, 6.45) is 0.0925. The van der Waals surface area contributed by atoms with Crippen molar-refractivity contribution < 1.29 is 27.8 Å². The summed E-state index contributed by atoms with van der Waals surface area (Å²) in [5.74, 6) is -1.56. The van der Waals surface area contributed by atoms with Crippen molar-refractivity contribution in [3.05, 3.63) is 29.8 Å². The Morgan fingerprint density at radius 3 is 2.29 bits per heavy atom. The van der Waals surface area contributed by atoms with Gasteiger partial charge in [-0.3, -0.25) is 4.79 Å². The Bertz CT molecular complexity index is 476. The van der Waals surface area contributed by atoms with Crippen molar-refractivity contribution in [1.82, 2.24) is 0 Å². The van der Waals surface area contributed by atoms with E-state index in [1.165, 1.54) is 12.1 Å². The fourth-order valence-corrected chi connectivity index (χ4v) is 2.86. The van der Waals surface area contributed by atoms with Crippen molar-refractivity contribution in [2.24, 2.45) is 5.92 Å². The Kier molecular flexibility index (Phi) is 4.75. The number of hydrogen-bond acceptors (Lipinski definition) is 2. The second kappa shape index (κ2) is 6.37. The number of carboxylic acids is 1. The summed E-state index contributed by atoms with van der Waals surface area (Å²) >= 11 is 0. The number of aliphatic carboxylic acids is 1. The van der Waals surface area contributed by atoms with Crippen LogP contribution in [0.25, 0.3) is 0 Å². The number of rotatable bonds is 5. The van der Waals surface area contributed by atoms with E-state index in [0.29, 0.717) is 17.9 Å². The first kappa shape index (κ1) is 15.7. The Labute approximate surface area is 120 Å². The first-order chi connectivity index (χ1) is 9.85. The molecule has 0 unspecified atom stereocenters. The van der Waals surface area contributed by atoms with Gasteiger partial charge >= 0.3 is 12.3 Å². The summed E-state index contributed by atoms with van der Waals surface area (Å²) in [5, 5.41) is 9.33. The minimum Gasteiger partial charge on any atom is -0.481 e. The molecule has 0 aromatic heterocycles. The van der Waals surface area contributed by atoms with Gasteiger partial charge in [0.1, 0.15) is 5.75 Å². The number of alkyl halides is 3. The number of carbonyl (C=O) groups is 1. The summed E-state index contributed by atoms with van der Waals surface area (Å²) in [5.41, 5.74) is 0.518. The molecule has 6 heteroatoms. The van der Waals surface area contributed by atoms with E-state index in [0.717, 1.165) is 37.8 Å². The molecular weight excluding hydrogens is 285 g/mol. The van der Waals surface area contributed by atoms with Gasteiger partial charge in [0.25, 0.3) is 0 Å². The molecule has 2 rings (SSSR count). The zero-order chi connectivity index (χ0) is 15.5. The van der Waals surface area contributed by atoms with Crippen LogP contribution in [0.1, 0.15) is 43.6 Å². The van der Waals surface area contributed by atoms with Gasteiger partial charge < -0.3 is 9.84 Å². The fourth-order valence-electron chi connectivity index (χ4n) is 2.86. The van der Waals surface area contributed by atoms with Crippen molar-refractivity contribution in [3.63, 3.8) is 0 Å². The van der Waals surface area contributed by atoms with Gasteiger partial charge in [0, 0.05) is 0 Å². The molecule has 0 radical (unpaired) electrons. The number of carboxylic acid groups (broad SMARTS) is 1. The zero-order valence-corrected chi connectivity index (χ0v) is 11.4. The third kappa shape index (κ3) is 4.65. The molecule has 3 nitrogen and oxygen atoms in total. The lowest BCUT2D eigenvalue weighted by molar-refractivity contribution is -0.274. The Morgan fingerprint density at radius 2 is 1.81 bits per heavy atom. The molecule has 1 aliphatic carbocycles. The Morgan fingerprint density at radius 1 is 1.24 bits per heavy atom. The quantitative estimate of drug-likeness (QED) is 0.880. The highest BCUT2D eigenvalue weighted by molar-refractivity contribution is 5.76. The average molecular weight is 302 g/mol. The van der Waals surface area contributed by atoms with Gasteiger partial charge in [0.05, 0.1) is 5.92 Å². The summed E-state index contributed by atoms with van der Waals surface area (Å²) in [7, 11) is 0. The van der Waals surface area contributed by atoms with Crippen molar-refractivity contribution in [1.29, 1.82) is 0 Å². The van der Waals surface area contributed by atoms with E-state index in [1.807, 2.05) is 0 Å². The van der Waals surface area contributed by atoms with E-state index in [-0.39, 0.29) is 5.75 Å². The molecule has 1 aromatic rings. The summed E-state index contributed by atoms with van der Waals surface area (Å²) in [4.78, 5) is 11.4. The standard InChI is InChI=1S/C15H17F3O3/c16-15(17,18)21-12-7-5-11(6-8-12)13(14(19)20)9-10-3-1-2-4-10/h5-8,10,13H,1-4,9H2,(H,19,20)/t13-/m1/s1. The van der Waals surface area contributed by atoms with Crippen LogP contribution in [0.5, 0.6) is 5.75 Å². The number of benzene rings is 1. The third-order valence-corrected chi connectivity index (χ3v) is 3.86. The SMILES string of the molecule is O=C(O)[C@H](CC1CCCC1)c1ccc(OC(F)(F)F)cc1. The normalized spacial score (nSPS) is 17.7. The van der Waals surface area contributed by atoms with Gasteiger partial charge in [0.2, 0.25) is 0 Å². The van der Waals surface area contributed by atoms with Gasteiger partial charge in [-0.15, -0.1) is 13.2 Å². The van der Waals surface area contributed by atoms with Crippen LogP contribution in [-0.2, 0) is 4.79 Å². The maximum atomic E-state index is 12.1. The lowest BCUT2D eigenvalue weighted by atomic mass is 9.88. The van der Waals surface area contributed by atoms with Crippen LogP contribution in [0.3, 0.4) is 0 Å². The number of halogens is 3. The Hall–Kier alpha value is -1.72. The molecule has 1 fully saturated rings. The minimum atomic E-state index is -4.74. The molecule has 0 saturated heterocycles. The molecule has 0 amide bonds. The maximum Gasteiger partial charge on any atom is 0.573 e. The topological polar surface area (TPSA) is 46.5 Å². The second-order valence-corrected chi connectivity index (χ2v) is 5.39. The molecule has 0 spiro atoms. The van der Waals surface area contributed by atoms with Gasteiger partial charge in [0.15, 0.2) is 0 Å². The highest BCUT2D eigenvalue weighted by Gasteiger charge is 2.31. The van der Waals surface area contributed by atoms with Crippen molar-refractivity contribution in [2.45, 2.75) is 44.4 Å². The van der Waals surface area contributed by atoms with E-state index in [4.69, 9.17) is 0 Å². The smallest absolute Gasteiger partial charge is 0.481 e. The zero-order valence-electron chi connectivity index (χ0n) is 11.4. The molecule has 0 bridgehead atoms. The van der Waals surface area contributed by atoms with E-state index in [9.17, 15) is 23.1 Å². The molecule has 1 aliphatic rings. The van der Waals surface area contributed by atoms with Gasteiger partial charge in [-0.1, -0.05) is 37.8 Å². The lowest BCUT2D eigenvalue weighted by Crippen LogP contribution is -2.17. The van der Waals surface area contributed by atoms with Crippen LogP contribution in [-0.4, -0.2) is 17.4 Å². The summed E-state index contributed by atoms with van der Waals surface area (Å²) in [6, 6.07) is 5.12. The molecule has 1 atom stereocenters. The molecule has 116 valence electrons. The van der Waals surface area contributed by atoms with Crippen LogP contribution in [0, 0.1) is 5.92 Å². The molecular formula is C15H17F3O3.